The maximum atomic E-state index is 10.5. The molecule has 4 rings (SSSR count). The molecule has 4 atom stereocenters. The summed E-state index contributed by atoms with van der Waals surface area (Å²) >= 11 is 3.33. The van der Waals surface area contributed by atoms with Crippen molar-refractivity contribution in [3.05, 3.63) is 60.7 Å². The number of carbonyl (C=O) groups is 2. The van der Waals surface area contributed by atoms with Crippen LogP contribution in [0, 0.1) is 11.8 Å². The number of carboxylic acids is 2. The molecule has 0 aliphatic heterocycles. The maximum Gasteiger partial charge on any atom is 0.307 e. The topological polar surface area (TPSA) is 74.6 Å². The molecule has 2 aromatic carbocycles. The average Bonchev–Trinajstić information content (AvgIpc) is 3.53. The second kappa shape index (κ2) is 8.64. The first-order chi connectivity index (χ1) is 12.5. The molecule has 0 amide bonds. The molecule has 2 aliphatic carbocycles. The molecule has 2 aromatic rings. The van der Waals surface area contributed by atoms with Crippen LogP contribution in [0.15, 0.2) is 70.5 Å². The monoisotopic (exact) mass is 388 g/mol. The average molecular weight is 389 g/mol. The molecule has 0 saturated heterocycles. The Bertz CT molecular complexity index is 685. The summed E-state index contributed by atoms with van der Waals surface area (Å²) in [5, 5.41) is 18.0. The lowest BCUT2D eigenvalue weighted by molar-refractivity contribution is -0.139. The number of hydrogen-bond donors (Lipinski definition) is 2. The first-order valence-electron chi connectivity index (χ1n) is 8.43. The Morgan fingerprint density at radius 1 is 0.692 bits per heavy atom. The second-order valence-corrected chi connectivity index (χ2v) is 8.92. The molecule has 26 heavy (non-hydrogen) atoms. The lowest BCUT2D eigenvalue weighted by Crippen LogP contribution is -1.99. The van der Waals surface area contributed by atoms with Gasteiger partial charge in [-0.2, -0.15) is 0 Å². The zero-order valence-electron chi connectivity index (χ0n) is 14.0. The van der Waals surface area contributed by atoms with Crippen molar-refractivity contribution in [2.45, 2.75) is 33.1 Å². The number of carboxylic acid groups (broad SMARTS) is 2. The standard InChI is InChI=1S/2C10H10O2S/c2*11-10(12)8-6-9(8)13-7-4-2-1-3-5-7/h2*1-5,8-9H,6H2,(H,11,12)/t2*8-,9-/m10/s1. The minimum absolute atomic E-state index is 0.120. The van der Waals surface area contributed by atoms with Gasteiger partial charge >= 0.3 is 11.9 Å². The van der Waals surface area contributed by atoms with Crippen molar-refractivity contribution in [1.82, 2.24) is 0 Å². The van der Waals surface area contributed by atoms with Crippen molar-refractivity contribution in [3.63, 3.8) is 0 Å². The summed E-state index contributed by atoms with van der Waals surface area (Å²) in [6.45, 7) is 0. The summed E-state index contributed by atoms with van der Waals surface area (Å²) in [7, 11) is 0. The van der Waals surface area contributed by atoms with E-state index in [0.29, 0.717) is 10.5 Å². The van der Waals surface area contributed by atoms with Crippen LogP contribution < -0.4 is 0 Å². The van der Waals surface area contributed by atoms with Crippen LogP contribution >= 0.6 is 23.5 Å². The van der Waals surface area contributed by atoms with Crippen LogP contribution in [0.1, 0.15) is 12.8 Å². The van der Waals surface area contributed by atoms with Gasteiger partial charge in [0.1, 0.15) is 0 Å². The van der Waals surface area contributed by atoms with Crippen molar-refractivity contribution in [1.29, 1.82) is 0 Å². The third kappa shape index (κ3) is 5.54. The highest BCUT2D eigenvalue weighted by Gasteiger charge is 2.44. The van der Waals surface area contributed by atoms with Crippen molar-refractivity contribution in [3.8, 4) is 0 Å². The van der Waals surface area contributed by atoms with Crippen LogP contribution in [-0.2, 0) is 9.59 Å². The molecule has 2 N–H and O–H groups in total. The summed E-state index contributed by atoms with van der Waals surface area (Å²) in [6.07, 6.45) is 1.63. The number of aliphatic carboxylic acids is 2. The lowest BCUT2D eigenvalue weighted by Gasteiger charge is -1.97. The fourth-order valence-electron chi connectivity index (χ4n) is 2.47. The van der Waals surface area contributed by atoms with Gasteiger partial charge in [0.2, 0.25) is 0 Å². The highest BCUT2D eigenvalue weighted by molar-refractivity contribution is 8.00. The Labute approximate surface area is 161 Å². The molecular weight excluding hydrogens is 368 g/mol. The molecule has 136 valence electrons. The molecule has 0 radical (unpaired) electrons. The molecular formula is C20H20O4S2. The second-order valence-electron chi connectivity index (χ2n) is 6.30. The van der Waals surface area contributed by atoms with Crippen LogP contribution in [0.3, 0.4) is 0 Å². The molecule has 2 fully saturated rings. The van der Waals surface area contributed by atoms with E-state index in [1.165, 1.54) is 0 Å². The summed E-state index contributed by atoms with van der Waals surface area (Å²) in [5.74, 6) is -1.56. The van der Waals surface area contributed by atoms with E-state index in [4.69, 9.17) is 10.2 Å². The van der Waals surface area contributed by atoms with E-state index in [9.17, 15) is 9.59 Å². The lowest BCUT2D eigenvalue weighted by atomic mass is 10.4. The highest BCUT2D eigenvalue weighted by Crippen LogP contribution is 2.45. The highest BCUT2D eigenvalue weighted by atomic mass is 32.2. The Kier molecular flexibility index (Phi) is 6.27. The number of benzene rings is 2. The normalized spacial score (nSPS) is 25.5. The van der Waals surface area contributed by atoms with Gasteiger partial charge in [0.05, 0.1) is 11.8 Å². The summed E-state index contributed by atoms with van der Waals surface area (Å²) in [5.41, 5.74) is 0. The fourth-order valence-corrected chi connectivity index (χ4v) is 4.97. The fraction of sp³-hybridized carbons (Fsp3) is 0.300. The molecule has 0 bridgehead atoms. The van der Waals surface area contributed by atoms with E-state index < -0.39 is 11.9 Å². The molecule has 0 aromatic heterocycles. The van der Waals surface area contributed by atoms with E-state index in [1.807, 2.05) is 60.7 Å². The van der Waals surface area contributed by atoms with Gasteiger partial charge in [0.25, 0.3) is 0 Å². The number of thioether (sulfide) groups is 2. The predicted molar refractivity (Wildman–Crippen MR) is 104 cm³/mol. The van der Waals surface area contributed by atoms with Gasteiger partial charge in [-0.05, 0) is 37.1 Å². The Balaban J connectivity index is 0.000000151. The molecule has 0 unspecified atom stereocenters. The van der Waals surface area contributed by atoms with Crippen LogP contribution in [0.2, 0.25) is 0 Å². The smallest absolute Gasteiger partial charge is 0.307 e. The van der Waals surface area contributed by atoms with Gasteiger partial charge in [-0.25, -0.2) is 0 Å². The van der Waals surface area contributed by atoms with Gasteiger partial charge in [-0.3, -0.25) is 9.59 Å². The maximum absolute atomic E-state index is 10.5. The van der Waals surface area contributed by atoms with Crippen molar-refractivity contribution < 1.29 is 19.8 Å². The largest absolute Gasteiger partial charge is 0.481 e. The molecule has 0 heterocycles. The zero-order valence-corrected chi connectivity index (χ0v) is 15.7. The van der Waals surface area contributed by atoms with E-state index in [-0.39, 0.29) is 11.8 Å². The molecule has 2 aliphatic rings. The minimum atomic E-state index is -0.659. The quantitative estimate of drug-likeness (QED) is 0.759. The van der Waals surface area contributed by atoms with E-state index in [0.717, 1.165) is 22.6 Å². The first-order valence-corrected chi connectivity index (χ1v) is 10.2. The SMILES string of the molecule is O=C(O)[C@@H]1C[C@H]1Sc1ccccc1.O=C(O)[C@H]1C[C@@H]1Sc1ccccc1. The molecule has 6 heteroatoms. The summed E-state index contributed by atoms with van der Waals surface area (Å²) in [6, 6.07) is 19.9. The van der Waals surface area contributed by atoms with Crippen molar-refractivity contribution in [2.75, 3.05) is 0 Å². The Morgan fingerprint density at radius 2 is 1.04 bits per heavy atom. The summed E-state index contributed by atoms with van der Waals surface area (Å²) in [4.78, 5) is 23.4. The van der Waals surface area contributed by atoms with Gasteiger partial charge in [-0.1, -0.05) is 36.4 Å². The van der Waals surface area contributed by atoms with Crippen molar-refractivity contribution in [2.24, 2.45) is 11.8 Å². The number of rotatable bonds is 6. The van der Waals surface area contributed by atoms with Gasteiger partial charge in [0, 0.05) is 20.3 Å². The summed E-state index contributed by atoms with van der Waals surface area (Å²) < 4.78 is 0. The molecule has 4 nitrogen and oxygen atoms in total. The minimum Gasteiger partial charge on any atom is -0.481 e. The van der Waals surface area contributed by atoms with E-state index >= 15 is 0 Å². The van der Waals surface area contributed by atoms with Gasteiger partial charge in [-0.15, -0.1) is 23.5 Å². The zero-order chi connectivity index (χ0) is 18.5. The van der Waals surface area contributed by atoms with Gasteiger partial charge < -0.3 is 10.2 Å². The predicted octanol–water partition coefficient (Wildman–Crippen LogP) is 4.50. The van der Waals surface area contributed by atoms with Crippen LogP contribution in [0.25, 0.3) is 0 Å². The van der Waals surface area contributed by atoms with Crippen LogP contribution in [0.5, 0.6) is 0 Å². The van der Waals surface area contributed by atoms with Crippen LogP contribution in [-0.4, -0.2) is 32.7 Å². The number of hydrogen-bond acceptors (Lipinski definition) is 4. The first kappa shape index (κ1) is 18.9. The van der Waals surface area contributed by atoms with Crippen molar-refractivity contribution >= 4 is 35.5 Å². The van der Waals surface area contributed by atoms with E-state index in [1.54, 1.807) is 23.5 Å². The van der Waals surface area contributed by atoms with Gasteiger partial charge in [0.15, 0.2) is 0 Å². The third-order valence-electron chi connectivity index (χ3n) is 4.16. The molecule has 2 saturated carbocycles. The third-order valence-corrected chi connectivity index (χ3v) is 6.90. The Morgan fingerprint density at radius 3 is 1.31 bits per heavy atom. The van der Waals surface area contributed by atoms with E-state index in [2.05, 4.69) is 0 Å². The van der Waals surface area contributed by atoms with Crippen LogP contribution in [0.4, 0.5) is 0 Å². The molecule has 0 spiro atoms. The Hall–Kier alpha value is -1.92.